The van der Waals surface area contributed by atoms with E-state index in [2.05, 4.69) is 15.7 Å². The minimum absolute atomic E-state index is 0.00761. The average Bonchev–Trinajstić information content (AvgIpc) is 2.87. The van der Waals surface area contributed by atoms with Gasteiger partial charge in [0.25, 0.3) is 5.91 Å². The van der Waals surface area contributed by atoms with Crippen molar-refractivity contribution in [2.24, 2.45) is 33.3 Å². The third-order valence-corrected chi connectivity index (χ3v) is 8.41. The summed E-state index contributed by atoms with van der Waals surface area (Å²) < 4.78 is 0. The van der Waals surface area contributed by atoms with Gasteiger partial charge >= 0.3 is 0 Å². The third-order valence-electron chi connectivity index (χ3n) is 8.41. The Morgan fingerprint density at radius 1 is 1.17 bits per heavy atom. The maximum atomic E-state index is 14.3. The second kappa shape index (κ2) is 10.8. The molecule has 1 aromatic carbocycles. The Hall–Kier alpha value is -3.81. The van der Waals surface area contributed by atoms with Crippen molar-refractivity contribution in [1.29, 1.82) is 0 Å². The van der Waals surface area contributed by atoms with Crippen LogP contribution in [0.2, 0.25) is 0 Å². The van der Waals surface area contributed by atoms with Crippen LogP contribution in [0, 0.1) is 27.1 Å². The van der Waals surface area contributed by atoms with E-state index < -0.39 is 58.0 Å². The molecule has 4 atom stereocenters. The highest BCUT2D eigenvalue weighted by atomic mass is 16.3. The Bertz CT molecular complexity index is 1450. The van der Waals surface area contributed by atoms with Crippen molar-refractivity contribution in [3.63, 3.8) is 0 Å². The van der Waals surface area contributed by atoms with Crippen molar-refractivity contribution in [3.05, 3.63) is 55.2 Å². The van der Waals surface area contributed by atoms with Gasteiger partial charge in [-0.3, -0.25) is 19.3 Å². The summed E-state index contributed by atoms with van der Waals surface area (Å²) in [5, 5.41) is 32.5. The summed E-state index contributed by atoms with van der Waals surface area (Å²) in [5.41, 5.74) is 2.45. The number of aliphatic hydroxyl groups is 2. The van der Waals surface area contributed by atoms with Crippen molar-refractivity contribution in [1.82, 2.24) is 10.2 Å². The van der Waals surface area contributed by atoms with Crippen LogP contribution < -0.4 is 16.0 Å². The molecule has 13 heteroatoms. The van der Waals surface area contributed by atoms with Crippen molar-refractivity contribution in [2.75, 3.05) is 39.6 Å². The number of ketones is 2. The fraction of sp³-hybridized carbons (Fsp3) is 0.552. The molecular formula is C29H38N6O7. The normalized spacial score (nSPS) is 25.7. The average molecular weight is 583 g/mol. The van der Waals surface area contributed by atoms with E-state index in [1.165, 1.54) is 4.90 Å². The Kier molecular flexibility index (Phi) is 8.00. The number of nitrogens with two attached hydrogens (primary N) is 1. The van der Waals surface area contributed by atoms with Gasteiger partial charge in [0.1, 0.15) is 22.7 Å². The maximum Gasteiger partial charge on any atom is 0.255 e. The molecular weight excluding hydrogens is 544 g/mol. The highest BCUT2D eigenvalue weighted by molar-refractivity contribution is 6.25. The van der Waals surface area contributed by atoms with Crippen molar-refractivity contribution < 1.29 is 24.6 Å². The Labute approximate surface area is 243 Å². The Balaban J connectivity index is 1.97. The quantitative estimate of drug-likeness (QED) is 0.261. The van der Waals surface area contributed by atoms with E-state index in [4.69, 9.17) is 5.73 Å². The maximum absolute atomic E-state index is 14.3. The first-order valence-corrected chi connectivity index (χ1v) is 13.7. The summed E-state index contributed by atoms with van der Waals surface area (Å²) in [6.45, 7) is 7.00. The van der Waals surface area contributed by atoms with Gasteiger partial charge in [-0.2, -0.15) is 0 Å². The number of hydrogen-bond donors (Lipinski definition) is 4. The predicted molar refractivity (Wildman–Crippen MR) is 156 cm³/mol. The Morgan fingerprint density at radius 3 is 2.31 bits per heavy atom. The molecule has 0 aromatic heterocycles. The molecule has 0 spiro atoms. The first-order valence-electron chi connectivity index (χ1n) is 13.7. The fourth-order valence-electron chi connectivity index (χ4n) is 6.68. The van der Waals surface area contributed by atoms with Crippen LogP contribution in [0.5, 0.6) is 0 Å². The number of Topliss-reactive ketones (excluding diaryl/α,β-unsaturated/α-hetero) is 2. The van der Waals surface area contributed by atoms with Crippen LogP contribution in [0.25, 0.3) is 0 Å². The van der Waals surface area contributed by atoms with E-state index in [0.717, 1.165) is 0 Å². The second-order valence-electron chi connectivity index (χ2n) is 13.0. The van der Waals surface area contributed by atoms with Crippen LogP contribution in [0.15, 0.2) is 39.0 Å². The van der Waals surface area contributed by atoms with Gasteiger partial charge < -0.3 is 26.2 Å². The number of carbonyl (C=O) groups is 3. The molecule has 226 valence electrons. The zero-order valence-corrected chi connectivity index (χ0v) is 24.9. The number of likely N-dealkylation sites (N-methyl/N-ethyl adjacent to an activating group) is 1. The summed E-state index contributed by atoms with van der Waals surface area (Å²) in [4.78, 5) is 68.2. The van der Waals surface area contributed by atoms with E-state index in [1.54, 1.807) is 28.2 Å². The van der Waals surface area contributed by atoms with Crippen LogP contribution in [-0.4, -0.2) is 79.0 Å². The van der Waals surface area contributed by atoms with Crippen LogP contribution in [-0.2, 0) is 22.6 Å². The number of rotatable bonds is 8. The van der Waals surface area contributed by atoms with Crippen LogP contribution in [0.4, 0.5) is 11.4 Å². The summed E-state index contributed by atoms with van der Waals surface area (Å²) >= 11 is 0. The van der Waals surface area contributed by atoms with E-state index in [9.17, 15) is 34.4 Å². The standard InChI is InChI=1S/C29H38N6O7/c1-28(2,3)12-31-11-14-10-17(34(4)5)15-8-13-9-16-22(35(6)7)24(37)20(27(30)39)26(38)29(16,40)25(33-42)18(13)23(36)19(15)21(14)32-41/h10,13,16,22,31,37,40H,8-9,11-12H2,1-7H3,(H2,30,39)/t13-,16-,22-,29-/m0/s1. The zero-order chi connectivity index (χ0) is 31.5. The first kappa shape index (κ1) is 31.1. The number of nitroso groups, excluding NO2 is 2. The fourth-order valence-corrected chi connectivity index (χ4v) is 6.68. The lowest BCUT2D eigenvalue weighted by atomic mass is 9.58. The van der Waals surface area contributed by atoms with Crippen LogP contribution >= 0.6 is 0 Å². The van der Waals surface area contributed by atoms with Crippen molar-refractivity contribution in [2.45, 2.75) is 51.8 Å². The molecule has 0 heterocycles. The molecule has 3 aliphatic carbocycles. The van der Waals surface area contributed by atoms with Gasteiger partial charge in [0.15, 0.2) is 11.4 Å². The van der Waals surface area contributed by atoms with E-state index in [1.807, 2.05) is 31.7 Å². The number of fused-ring (bicyclic) bond motifs is 3. The molecule has 0 radical (unpaired) electrons. The Morgan fingerprint density at radius 2 is 1.81 bits per heavy atom. The van der Waals surface area contributed by atoms with Gasteiger partial charge in [0.2, 0.25) is 5.78 Å². The summed E-state index contributed by atoms with van der Waals surface area (Å²) in [7, 11) is 6.76. The van der Waals surface area contributed by atoms with Gasteiger partial charge in [-0.25, -0.2) is 0 Å². The SMILES string of the molecule is CN(C)c1cc(CNCC(C)(C)C)c(N=O)c2c1C[C@H]1C[C@H]3[C@H](N(C)C)C(O)=C(C(N)=O)C(=O)[C@@]3(O)C(N=O)=C1C2=O. The van der Waals surface area contributed by atoms with Gasteiger partial charge in [0, 0.05) is 44.4 Å². The molecule has 4 rings (SSSR count). The summed E-state index contributed by atoms with van der Waals surface area (Å²) in [6.07, 6.45) is 0.168. The minimum Gasteiger partial charge on any atom is -0.510 e. The molecule has 5 N–H and O–H groups in total. The number of nitrogens with one attached hydrogen (secondary N) is 1. The molecule has 42 heavy (non-hydrogen) atoms. The molecule has 0 fully saturated rings. The molecule has 1 amide bonds. The molecule has 0 saturated carbocycles. The highest BCUT2D eigenvalue weighted by Gasteiger charge is 2.63. The minimum atomic E-state index is -2.71. The number of nitrogens with zero attached hydrogens (tertiary/aromatic N) is 4. The zero-order valence-electron chi connectivity index (χ0n) is 24.9. The molecule has 13 nitrogen and oxygen atoms in total. The number of allylic oxidation sites excluding steroid dienone is 1. The third kappa shape index (κ3) is 4.74. The smallest absolute Gasteiger partial charge is 0.255 e. The largest absolute Gasteiger partial charge is 0.510 e. The first-order chi connectivity index (χ1) is 19.5. The highest BCUT2D eigenvalue weighted by Crippen LogP contribution is 2.54. The van der Waals surface area contributed by atoms with E-state index in [-0.39, 0.29) is 41.6 Å². The number of aliphatic hydroxyl groups excluding tert-OH is 1. The lowest BCUT2D eigenvalue weighted by molar-refractivity contribution is -0.144. The number of primary amides is 1. The predicted octanol–water partition coefficient (Wildman–Crippen LogP) is 2.22. The number of benzene rings is 1. The van der Waals surface area contributed by atoms with Gasteiger partial charge in [0.05, 0.1) is 11.6 Å². The molecule has 1 aromatic rings. The van der Waals surface area contributed by atoms with Crippen molar-refractivity contribution >= 4 is 28.8 Å². The molecule has 0 aliphatic heterocycles. The van der Waals surface area contributed by atoms with Crippen LogP contribution in [0.3, 0.4) is 0 Å². The molecule has 0 unspecified atom stereocenters. The van der Waals surface area contributed by atoms with Crippen molar-refractivity contribution in [3.8, 4) is 0 Å². The monoisotopic (exact) mass is 582 g/mol. The number of amides is 1. The molecule has 3 aliphatic rings. The van der Waals surface area contributed by atoms with Gasteiger partial charge in [-0.15, -0.1) is 9.81 Å². The second-order valence-corrected chi connectivity index (χ2v) is 13.0. The number of carbonyl (C=O) groups excluding carboxylic acids is 3. The summed E-state index contributed by atoms with van der Waals surface area (Å²) in [5.74, 6) is -5.76. The molecule has 0 saturated heterocycles. The van der Waals surface area contributed by atoms with Gasteiger partial charge in [-0.1, -0.05) is 20.8 Å². The number of hydrogen-bond acceptors (Lipinski definition) is 12. The molecule has 0 bridgehead atoms. The topological polar surface area (TPSA) is 195 Å². The lowest BCUT2D eigenvalue weighted by Gasteiger charge is -2.50. The van der Waals surface area contributed by atoms with E-state index >= 15 is 0 Å². The number of anilines is 1. The lowest BCUT2D eigenvalue weighted by Crippen LogP contribution is -2.63. The van der Waals surface area contributed by atoms with Gasteiger partial charge in [-0.05, 0) is 65.8 Å². The van der Waals surface area contributed by atoms with Crippen LogP contribution in [0.1, 0.15) is 48.7 Å². The van der Waals surface area contributed by atoms with E-state index in [0.29, 0.717) is 23.4 Å². The summed E-state index contributed by atoms with van der Waals surface area (Å²) in [6, 6.07) is 0.730.